The number of halogens is 3. The van der Waals surface area contributed by atoms with Crippen molar-refractivity contribution in [1.29, 1.82) is 0 Å². The highest BCUT2D eigenvalue weighted by Crippen LogP contribution is 2.30. The molecule has 0 radical (unpaired) electrons. The smallest absolute Gasteiger partial charge is 0.364 e. The molecule has 2 aromatic heterocycles. The number of anilines is 2. The Balaban J connectivity index is 1.60. The number of fused-ring (bicyclic) bond motifs is 1. The number of nitrogens with zero attached hydrogens (tertiary/aromatic N) is 2. The maximum atomic E-state index is 12.8. The molecule has 0 saturated heterocycles. The van der Waals surface area contributed by atoms with E-state index in [1.807, 2.05) is 24.3 Å². The predicted molar refractivity (Wildman–Crippen MR) is 116 cm³/mol. The Labute approximate surface area is 182 Å². The maximum Gasteiger partial charge on any atom is 0.416 e. The van der Waals surface area contributed by atoms with Gasteiger partial charge in [0.15, 0.2) is 0 Å². The van der Waals surface area contributed by atoms with Crippen LogP contribution >= 0.6 is 0 Å². The number of para-hydroxylation sites is 1. The first kappa shape index (κ1) is 21.6. The summed E-state index contributed by atoms with van der Waals surface area (Å²) in [5.74, 6) is 0.672. The van der Waals surface area contributed by atoms with Crippen molar-refractivity contribution in [2.75, 3.05) is 10.0 Å². The molecule has 0 aliphatic rings. The van der Waals surface area contributed by atoms with Crippen molar-refractivity contribution in [3.8, 4) is 0 Å². The van der Waals surface area contributed by atoms with Gasteiger partial charge in [-0.3, -0.25) is 4.72 Å². The Bertz CT molecular complexity index is 1340. The SMILES string of the molecule is O=S(=O)(Nc1cccc2ccc(CNc3ccccn3)nc12)c1ccc(C(F)(F)F)cc1. The Kier molecular flexibility index (Phi) is 5.70. The lowest BCUT2D eigenvalue weighted by Gasteiger charge is -2.12. The van der Waals surface area contributed by atoms with Crippen LogP contribution in [0.15, 0.2) is 83.9 Å². The number of nitrogens with one attached hydrogen (secondary N) is 2. The van der Waals surface area contributed by atoms with Gasteiger partial charge < -0.3 is 5.32 Å². The second kappa shape index (κ2) is 8.46. The number of rotatable bonds is 6. The fraction of sp³-hybridized carbons (Fsp3) is 0.0909. The molecule has 32 heavy (non-hydrogen) atoms. The van der Waals surface area contributed by atoms with Crippen LogP contribution in [0.4, 0.5) is 24.7 Å². The molecule has 6 nitrogen and oxygen atoms in total. The molecule has 10 heteroatoms. The molecule has 0 saturated carbocycles. The summed E-state index contributed by atoms with van der Waals surface area (Å²) in [4.78, 5) is 8.44. The summed E-state index contributed by atoms with van der Waals surface area (Å²) in [5.41, 5.74) is 0.378. The van der Waals surface area contributed by atoms with Crippen molar-refractivity contribution in [1.82, 2.24) is 9.97 Å². The van der Waals surface area contributed by atoms with Gasteiger partial charge >= 0.3 is 6.18 Å². The highest BCUT2D eigenvalue weighted by Gasteiger charge is 2.30. The molecule has 0 aliphatic carbocycles. The summed E-state index contributed by atoms with van der Waals surface area (Å²) >= 11 is 0. The lowest BCUT2D eigenvalue weighted by Crippen LogP contribution is -2.14. The first-order valence-electron chi connectivity index (χ1n) is 9.46. The van der Waals surface area contributed by atoms with Crippen LogP contribution in [0.5, 0.6) is 0 Å². The number of hydrogen-bond acceptors (Lipinski definition) is 5. The van der Waals surface area contributed by atoms with Crippen LogP contribution in [0.1, 0.15) is 11.3 Å². The number of pyridine rings is 2. The van der Waals surface area contributed by atoms with E-state index in [1.54, 1.807) is 30.5 Å². The molecule has 0 amide bonds. The van der Waals surface area contributed by atoms with E-state index in [-0.39, 0.29) is 10.6 Å². The van der Waals surface area contributed by atoms with Crippen molar-refractivity contribution in [3.63, 3.8) is 0 Å². The third-order valence-corrected chi connectivity index (χ3v) is 6.01. The van der Waals surface area contributed by atoms with Gasteiger partial charge in [0.2, 0.25) is 0 Å². The topological polar surface area (TPSA) is 84.0 Å². The van der Waals surface area contributed by atoms with Gasteiger partial charge in [0, 0.05) is 11.6 Å². The van der Waals surface area contributed by atoms with E-state index in [1.165, 1.54) is 0 Å². The van der Waals surface area contributed by atoms with E-state index in [0.29, 0.717) is 29.0 Å². The zero-order valence-electron chi connectivity index (χ0n) is 16.5. The van der Waals surface area contributed by atoms with Crippen LogP contribution in [-0.2, 0) is 22.7 Å². The largest absolute Gasteiger partial charge is 0.416 e. The Morgan fingerprint density at radius 2 is 1.66 bits per heavy atom. The minimum atomic E-state index is -4.55. The fourth-order valence-electron chi connectivity index (χ4n) is 3.04. The van der Waals surface area contributed by atoms with Crippen LogP contribution in [0.25, 0.3) is 10.9 Å². The molecule has 4 aromatic rings. The predicted octanol–water partition coefficient (Wildman–Crippen LogP) is 5.06. The number of aromatic nitrogens is 2. The van der Waals surface area contributed by atoms with Crippen LogP contribution < -0.4 is 10.0 Å². The van der Waals surface area contributed by atoms with E-state index < -0.39 is 21.8 Å². The van der Waals surface area contributed by atoms with Gasteiger partial charge in [-0.15, -0.1) is 0 Å². The first-order chi connectivity index (χ1) is 15.2. The van der Waals surface area contributed by atoms with Gasteiger partial charge in [-0.2, -0.15) is 13.2 Å². The minimum Gasteiger partial charge on any atom is -0.364 e. The third-order valence-electron chi connectivity index (χ3n) is 4.63. The average Bonchev–Trinajstić information content (AvgIpc) is 2.78. The molecular weight excluding hydrogens is 441 g/mol. The van der Waals surface area contributed by atoms with Gasteiger partial charge in [0.1, 0.15) is 5.82 Å². The van der Waals surface area contributed by atoms with Crippen LogP contribution in [-0.4, -0.2) is 18.4 Å². The van der Waals surface area contributed by atoms with E-state index in [4.69, 9.17) is 0 Å². The van der Waals surface area contributed by atoms with Crippen LogP contribution in [0, 0.1) is 0 Å². The van der Waals surface area contributed by atoms with Gasteiger partial charge in [-0.25, -0.2) is 18.4 Å². The molecule has 2 N–H and O–H groups in total. The molecule has 0 unspecified atom stereocenters. The second-order valence-electron chi connectivity index (χ2n) is 6.88. The van der Waals surface area contributed by atoms with Crippen molar-refractivity contribution >= 4 is 32.4 Å². The van der Waals surface area contributed by atoms with Crippen molar-refractivity contribution in [3.05, 3.63) is 90.3 Å². The molecular formula is C22H17F3N4O2S. The summed E-state index contributed by atoms with van der Waals surface area (Å²) in [7, 11) is -4.12. The zero-order chi connectivity index (χ0) is 22.8. The lowest BCUT2D eigenvalue weighted by molar-refractivity contribution is -0.137. The molecule has 0 aliphatic heterocycles. The Morgan fingerprint density at radius 3 is 2.34 bits per heavy atom. The Morgan fingerprint density at radius 1 is 0.875 bits per heavy atom. The van der Waals surface area contributed by atoms with E-state index in [0.717, 1.165) is 24.3 Å². The monoisotopic (exact) mass is 458 g/mol. The van der Waals surface area contributed by atoms with Gasteiger partial charge in [0.25, 0.3) is 10.0 Å². The minimum absolute atomic E-state index is 0.224. The highest BCUT2D eigenvalue weighted by molar-refractivity contribution is 7.92. The summed E-state index contributed by atoms with van der Waals surface area (Å²) in [6.45, 7) is 0.368. The quantitative estimate of drug-likeness (QED) is 0.422. The molecule has 0 atom stereocenters. The van der Waals surface area contributed by atoms with Crippen molar-refractivity contribution < 1.29 is 21.6 Å². The van der Waals surface area contributed by atoms with E-state index >= 15 is 0 Å². The first-order valence-corrected chi connectivity index (χ1v) is 10.9. The van der Waals surface area contributed by atoms with Gasteiger partial charge in [-0.05, 0) is 48.5 Å². The maximum absolute atomic E-state index is 12.8. The van der Waals surface area contributed by atoms with Gasteiger partial charge in [-0.1, -0.05) is 24.3 Å². The standard InChI is InChI=1S/C22H17F3N4O2S/c23-22(24,25)16-8-11-18(12-9-16)32(30,31)29-19-5-3-4-15-7-10-17(28-21(15)19)14-27-20-6-1-2-13-26-20/h1-13,29H,14H2,(H,26,27). The fourth-order valence-corrected chi connectivity index (χ4v) is 4.11. The average molecular weight is 458 g/mol. The number of sulfonamides is 1. The van der Waals surface area contributed by atoms with E-state index in [9.17, 15) is 21.6 Å². The lowest BCUT2D eigenvalue weighted by atomic mass is 10.2. The number of benzene rings is 2. The highest BCUT2D eigenvalue weighted by atomic mass is 32.2. The normalized spacial score (nSPS) is 12.0. The Hall–Kier alpha value is -3.66. The number of alkyl halides is 3. The molecule has 0 spiro atoms. The van der Waals surface area contributed by atoms with Crippen molar-refractivity contribution in [2.24, 2.45) is 0 Å². The molecule has 0 bridgehead atoms. The zero-order valence-corrected chi connectivity index (χ0v) is 17.3. The molecule has 164 valence electrons. The van der Waals surface area contributed by atoms with Crippen LogP contribution in [0.3, 0.4) is 0 Å². The second-order valence-corrected chi connectivity index (χ2v) is 8.56. The summed E-state index contributed by atoms with van der Waals surface area (Å²) < 4.78 is 66.2. The number of hydrogen-bond donors (Lipinski definition) is 2. The third kappa shape index (κ3) is 4.80. The molecule has 2 heterocycles. The van der Waals surface area contributed by atoms with Crippen LogP contribution in [0.2, 0.25) is 0 Å². The molecule has 0 fully saturated rings. The summed E-state index contributed by atoms with van der Waals surface area (Å²) in [5, 5.41) is 3.84. The summed E-state index contributed by atoms with van der Waals surface area (Å²) in [6.07, 6.45) is -2.89. The van der Waals surface area contributed by atoms with E-state index in [2.05, 4.69) is 20.0 Å². The molecule has 4 rings (SSSR count). The molecule has 2 aromatic carbocycles. The van der Waals surface area contributed by atoms with Gasteiger partial charge in [0.05, 0.1) is 33.9 Å². The van der Waals surface area contributed by atoms with Crippen molar-refractivity contribution in [2.45, 2.75) is 17.6 Å². The summed E-state index contributed by atoms with van der Waals surface area (Å²) in [6, 6.07) is 17.4.